The van der Waals surface area contributed by atoms with Gasteiger partial charge >= 0.3 is 0 Å². The Morgan fingerprint density at radius 1 is 1.35 bits per heavy atom. The number of carbonyl (C=O) groups excluding carboxylic acids is 1. The third kappa shape index (κ3) is 1.94. The zero-order valence-corrected chi connectivity index (χ0v) is 10.6. The van der Waals surface area contributed by atoms with Crippen molar-refractivity contribution in [2.24, 2.45) is 17.1 Å². The van der Waals surface area contributed by atoms with Gasteiger partial charge in [-0.3, -0.25) is 4.79 Å². The number of carbonyl (C=O) groups is 1. The van der Waals surface area contributed by atoms with Crippen molar-refractivity contribution in [2.75, 3.05) is 13.1 Å². The Labute approximate surface area is 106 Å². The summed E-state index contributed by atoms with van der Waals surface area (Å²) in [5, 5.41) is 18.9. The van der Waals surface area contributed by atoms with Gasteiger partial charge in [-0.15, -0.1) is 0 Å². The van der Waals surface area contributed by atoms with Crippen LogP contribution in [0, 0.1) is 11.3 Å². The molecule has 2 fully saturated rings. The molecule has 1 amide bonds. The highest BCUT2D eigenvalue weighted by atomic mass is 32.1. The normalized spacial score (nSPS) is 41.1. The van der Waals surface area contributed by atoms with Gasteiger partial charge < -0.3 is 20.8 Å². The fourth-order valence-electron chi connectivity index (χ4n) is 2.85. The quantitative estimate of drug-likeness (QED) is 0.568. The lowest BCUT2D eigenvalue weighted by atomic mass is 9.61. The Balaban J connectivity index is 2.11. The van der Waals surface area contributed by atoms with Gasteiger partial charge in [-0.1, -0.05) is 19.1 Å². The number of amides is 1. The Bertz CT molecular complexity index is 345. The van der Waals surface area contributed by atoms with Crippen LogP contribution in [0.3, 0.4) is 0 Å². The van der Waals surface area contributed by atoms with Gasteiger partial charge in [0, 0.05) is 13.1 Å². The number of nitrogens with zero attached hydrogens (tertiary/aromatic N) is 1. The van der Waals surface area contributed by atoms with E-state index in [9.17, 15) is 15.0 Å². The molecule has 0 spiro atoms. The lowest BCUT2D eigenvalue weighted by molar-refractivity contribution is -0.143. The Morgan fingerprint density at radius 2 is 1.82 bits per heavy atom. The second kappa shape index (κ2) is 4.19. The van der Waals surface area contributed by atoms with Crippen molar-refractivity contribution in [1.29, 1.82) is 0 Å². The van der Waals surface area contributed by atoms with Gasteiger partial charge in [0.2, 0.25) is 5.91 Å². The van der Waals surface area contributed by atoms with Gasteiger partial charge in [-0.2, -0.15) is 0 Å². The van der Waals surface area contributed by atoms with Crippen LogP contribution in [0.2, 0.25) is 0 Å². The SMILES string of the molecule is CC1CC(C(=O)N2CC(O)C(O)C2)(C(N)=S)C1. The molecule has 2 unspecified atom stereocenters. The topological polar surface area (TPSA) is 86.8 Å². The van der Waals surface area contributed by atoms with E-state index in [1.807, 2.05) is 0 Å². The van der Waals surface area contributed by atoms with Crippen LogP contribution in [-0.4, -0.2) is 51.3 Å². The standard InChI is InChI=1S/C11H18N2O3S/c1-6-2-11(3-6,9(12)17)10(16)13-4-7(14)8(15)5-13/h6-8,14-15H,2-5H2,1H3,(H2,12,17). The maximum Gasteiger partial charge on any atom is 0.235 e. The number of rotatable bonds is 2. The summed E-state index contributed by atoms with van der Waals surface area (Å²) in [5.74, 6) is 0.302. The fourth-order valence-corrected chi connectivity index (χ4v) is 3.10. The summed E-state index contributed by atoms with van der Waals surface area (Å²) in [6, 6.07) is 0. The van der Waals surface area contributed by atoms with Gasteiger partial charge in [0.25, 0.3) is 0 Å². The van der Waals surface area contributed by atoms with Crippen LogP contribution in [0.1, 0.15) is 19.8 Å². The summed E-state index contributed by atoms with van der Waals surface area (Å²) in [7, 11) is 0. The third-order valence-corrected chi connectivity index (χ3v) is 4.21. The van der Waals surface area contributed by atoms with Crippen LogP contribution in [0.4, 0.5) is 0 Å². The van der Waals surface area contributed by atoms with Gasteiger partial charge in [0.1, 0.15) is 0 Å². The molecule has 0 aromatic heterocycles. The zero-order valence-electron chi connectivity index (χ0n) is 9.80. The molecule has 0 aromatic rings. The van der Waals surface area contributed by atoms with E-state index < -0.39 is 17.6 Å². The molecule has 0 bridgehead atoms. The minimum absolute atomic E-state index is 0.140. The smallest absolute Gasteiger partial charge is 0.235 e. The molecule has 6 heteroatoms. The van der Waals surface area contributed by atoms with Gasteiger partial charge in [-0.05, 0) is 18.8 Å². The average Bonchev–Trinajstić information content (AvgIpc) is 2.53. The molecule has 1 heterocycles. The van der Waals surface area contributed by atoms with E-state index in [-0.39, 0.29) is 24.0 Å². The van der Waals surface area contributed by atoms with Crippen LogP contribution < -0.4 is 5.73 Å². The molecule has 96 valence electrons. The Hall–Kier alpha value is -0.720. The minimum Gasteiger partial charge on any atom is -0.392 e. The molecule has 0 aromatic carbocycles. The van der Waals surface area contributed by atoms with E-state index in [1.54, 1.807) is 0 Å². The summed E-state index contributed by atoms with van der Waals surface area (Å²) in [6.07, 6.45) is -0.382. The van der Waals surface area contributed by atoms with Crippen LogP contribution in [0.15, 0.2) is 0 Å². The van der Waals surface area contributed by atoms with Crippen molar-refractivity contribution < 1.29 is 15.0 Å². The van der Waals surface area contributed by atoms with Crippen LogP contribution in [0.25, 0.3) is 0 Å². The lowest BCUT2D eigenvalue weighted by Crippen LogP contribution is -2.56. The molecule has 0 radical (unpaired) electrons. The molecule has 1 aliphatic heterocycles. The van der Waals surface area contributed by atoms with E-state index in [0.29, 0.717) is 18.8 Å². The number of hydrogen-bond donors (Lipinski definition) is 3. The third-order valence-electron chi connectivity index (χ3n) is 3.82. The molecular weight excluding hydrogens is 240 g/mol. The van der Waals surface area contributed by atoms with Crippen molar-refractivity contribution in [3.05, 3.63) is 0 Å². The largest absolute Gasteiger partial charge is 0.392 e. The summed E-state index contributed by atoms with van der Waals surface area (Å²) < 4.78 is 0. The molecule has 2 atom stereocenters. The number of aliphatic hydroxyl groups excluding tert-OH is 2. The number of thiocarbonyl (C=S) groups is 1. The lowest BCUT2D eigenvalue weighted by Gasteiger charge is -2.45. The van der Waals surface area contributed by atoms with Crippen molar-refractivity contribution in [2.45, 2.75) is 32.0 Å². The zero-order chi connectivity index (χ0) is 12.8. The maximum atomic E-state index is 12.4. The molecule has 4 N–H and O–H groups in total. The summed E-state index contributed by atoms with van der Waals surface area (Å²) in [6.45, 7) is 2.38. The molecule has 17 heavy (non-hydrogen) atoms. The molecule has 5 nitrogen and oxygen atoms in total. The van der Waals surface area contributed by atoms with Gasteiger partial charge in [0.15, 0.2) is 0 Å². The molecule has 2 aliphatic rings. The maximum absolute atomic E-state index is 12.4. The van der Waals surface area contributed by atoms with Gasteiger partial charge in [-0.25, -0.2) is 0 Å². The van der Waals surface area contributed by atoms with E-state index >= 15 is 0 Å². The fraction of sp³-hybridized carbons (Fsp3) is 0.818. The predicted octanol–water partition coefficient (Wildman–Crippen LogP) is -0.747. The van der Waals surface area contributed by atoms with Crippen LogP contribution >= 0.6 is 12.2 Å². The van der Waals surface area contributed by atoms with Crippen molar-refractivity contribution in [1.82, 2.24) is 4.90 Å². The molecule has 2 rings (SSSR count). The van der Waals surface area contributed by atoms with E-state index in [1.165, 1.54) is 4.90 Å². The first-order valence-electron chi connectivity index (χ1n) is 5.82. The molecular formula is C11H18N2O3S. The number of β-amino-alcohol motifs (C(OH)–C–C–N with tert-alkyl or cyclic N) is 2. The number of likely N-dealkylation sites (tertiary alicyclic amines) is 1. The van der Waals surface area contributed by atoms with Crippen molar-refractivity contribution in [3.63, 3.8) is 0 Å². The van der Waals surface area contributed by atoms with E-state index in [4.69, 9.17) is 18.0 Å². The molecule has 1 saturated carbocycles. The summed E-state index contributed by atoms with van der Waals surface area (Å²) in [5.41, 5.74) is 4.95. The highest BCUT2D eigenvalue weighted by molar-refractivity contribution is 7.80. The Morgan fingerprint density at radius 3 is 2.18 bits per heavy atom. The van der Waals surface area contributed by atoms with Crippen molar-refractivity contribution in [3.8, 4) is 0 Å². The predicted molar refractivity (Wildman–Crippen MR) is 66.2 cm³/mol. The van der Waals surface area contributed by atoms with Crippen molar-refractivity contribution >= 4 is 23.1 Å². The van der Waals surface area contributed by atoms with E-state index in [0.717, 1.165) is 0 Å². The first kappa shape index (κ1) is 12.7. The highest BCUT2D eigenvalue weighted by Crippen LogP contribution is 2.47. The summed E-state index contributed by atoms with van der Waals surface area (Å²) in [4.78, 5) is 14.1. The van der Waals surface area contributed by atoms with Crippen LogP contribution in [0.5, 0.6) is 0 Å². The number of hydrogen-bond acceptors (Lipinski definition) is 4. The van der Waals surface area contributed by atoms with Gasteiger partial charge in [0.05, 0.1) is 22.6 Å². The second-order valence-corrected chi connectivity index (χ2v) is 5.74. The average molecular weight is 258 g/mol. The Kier molecular flexibility index (Phi) is 3.14. The first-order chi connectivity index (χ1) is 7.86. The first-order valence-corrected chi connectivity index (χ1v) is 6.23. The second-order valence-electron chi connectivity index (χ2n) is 5.30. The van der Waals surface area contributed by atoms with E-state index in [2.05, 4.69) is 6.92 Å². The summed E-state index contributed by atoms with van der Waals surface area (Å²) >= 11 is 5.01. The molecule has 1 saturated heterocycles. The van der Waals surface area contributed by atoms with Crippen LogP contribution in [-0.2, 0) is 4.79 Å². The highest BCUT2D eigenvalue weighted by Gasteiger charge is 2.53. The minimum atomic E-state index is -0.861. The molecule has 1 aliphatic carbocycles. The monoisotopic (exact) mass is 258 g/mol. The number of nitrogens with two attached hydrogens (primary N) is 1. The number of aliphatic hydroxyl groups is 2.